The number of thiophene rings is 1. The molecule has 0 spiro atoms. The second-order valence-corrected chi connectivity index (χ2v) is 4.04. The smallest absolute Gasteiger partial charge is 0.0705 e. The predicted octanol–water partition coefficient (Wildman–Crippen LogP) is 1.89. The lowest BCUT2D eigenvalue weighted by Gasteiger charge is -2.13. The molecule has 4 heteroatoms. The molecule has 11 heavy (non-hydrogen) atoms. The van der Waals surface area contributed by atoms with Crippen LogP contribution in [0.1, 0.15) is 18.5 Å². The van der Waals surface area contributed by atoms with E-state index in [1.54, 1.807) is 18.3 Å². The van der Waals surface area contributed by atoms with Gasteiger partial charge in [0.05, 0.1) is 12.1 Å². The van der Waals surface area contributed by atoms with Crippen LogP contribution in [0, 0.1) is 0 Å². The van der Waals surface area contributed by atoms with Gasteiger partial charge in [0.15, 0.2) is 0 Å². The molecule has 0 saturated carbocycles. The van der Waals surface area contributed by atoms with Crippen molar-refractivity contribution in [3.8, 4) is 0 Å². The Morgan fingerprint density at radius 2 is 2.27 bits per heavy atom. The second kappa shape index (κ2) is 3.67. The molecule has 0 aliphatic rings. The third-order valence-corrected chi connectivity index (χ3v) is 3.27. The van der Waals surface area contributed by atoms with Gasteiger partial charge in [-0.05, 0) is 33.8 Å². The quantitative estimate of drug-likeness (QED) is 0.823. The van der Waals surface area contributed by atoms with Crippen LogP contribution in [0.4, 0.5) is 0 Å². The Bertz CT molecular complexity index is 236. The number of halogens is 1. The average Bonchev–Trinajstić information content (AvgIpc) is 2.33. The topological polar surface area (TPSA) is 46.2 Å². The van der Waals surface area contributed by atoms with Crippen molar-refractivity contribution in [2.24, 2.45) is 5.73 Å². The first-order valence-electron chi connectivity index (χ1n) is 3.28. The molecule has 0 aliphatic carbocycles. The lowest BCUT2D eigenvalue weighted by molar-refractivity contribution is 0.164. The van der Waals surface area contributed by atoms with Crippen LogP contribution < -0.4 is 5.73 Å². The first kappa shape index (κ1) is 9.19. The van der Waals surface area contributed by atoms with Crippen LogP contribution >= 0.6 is 27.3 Å². The van der Waals surface area contributed by atoms with Gasteiger partial charge in [0.2, 0.25) is 0 Å². The van der Waals surface area contributed by atoms with Crippen molar-refractivity contribution in [3.05, 3.63) is 20.8 Å². The summed E-state index contributed by atoms with van der Waals surface area (Å²) in [6, 6.07) is -0.282. The zero-order valence-electron chi connectivity index (χ0n) is 6.12. The number of hydrogen-bond donors (Lipinski definition) is 2. The van der Waals surface area contributed by atoms with E-state index in [-0.39, 0.29) is 6.04 Å². The highest BCUT2D eigenvalue weighted by atomic mass is 79.9. The van der Waals surface area contributed by atoms with Gasteiger partial charge in [-0.2, -0.15) is 11.3 Å². The second-order valence-electron chi connectivity index (χ2n) is 2.44. The maximum Gasteiger partial charge on any atom is 0.0705 e. The summed E-state index contributed by atoms with van der Waals surface area (Å²) in [6.07, 6.45) is -0.499. The van der Waals surface area contributed by atoms with Crippen molar-refractivity contribution < 1.29 is 5.11 Å². The minimum Gasteiger partial charge on any atom is -0.391 e. The van der Waals surface area contributed by atoms with Crippen molar-refractivity contribution in [1.29, 1.82) is 0 Å². The molecular formula is C7H10BrNOS. The van der Waals surface area contributed by atoms with Gasteiger partial charge in [-0.15, -0.1) is 0 Å². The van der Waals surface area contributed by atoms with Crippen LogP contribution in [0.2, 0.25) is 0 Å². The van der Waals surface area contributed by atoms with Gasteiger partial charge in [0, 0.05) is 9.85 Å². The maximum atomic E-state index is 9.18. The van der Waals surface area contributed by atoms with Crippen LogP contribution in [0.5, 0.6) is 0 Å². The standard InChI is InChI=1S/C7H10BrNOS/c1-4(10)7(9)5-2-11-3-6(5)8/h2-4,7,10H,9H2,1H3/t4-,7+/m1/s1. The summed E-state index contributed by atoms with van der Waals surface area (Å²) in [6.45, 7) is 1.69. The van der Waals surface area contributed by atoms with Crippen molar-refractivity contribution in [3.63, 3.8) is 0 Å². The molecule has 62 valence electrons. The number of hydrogen-bond acceptors (Lipinski definition) is 3. The third-order valence-electron chi connectivity index (χ3n) is 1.52. The van der Waals surface area contributed by atoms with Gasteiger partial charge >= 0.3 is 0 Å². The molecule has 1 rings (SSSR count). The van der Waals surface area contributed by atoms with E-state index in [0.29, 0.717) is 0 Å². The number of rotatable bonds is 2. The van der Waals surface area contributed by atoms with E-state index in [9.17, 15) is 5.11 Å². The molecule has 1 aromatic heterocycles. The van der Waals surface area contributed by atoms with E-state index in [1.165, 1.54) is 0 Å². The highest BCUT2D eigenvalue weighted by Crippen LogP contribution is 2.27. The van der Waals surface area contributed by atoms with Crippen molar-refractivity contribution in [2.45, 2.75) is 19.1 Å². The molecule has 2 nitrogen and oxygen atoms in total. The Kier molecular flexibility index (Phi) is 3.06. The summed E-state index contributed by atoms with van der Waals surface area (Å²) >= 11 is 4.93. The van der Waals surface area contributed by atoms with Crippen LogP contribution in [-0.4, -0.2) is 11.2 Å². The highest BCUT2D eigenvalue weighted by molar-refractivity contribution is 9.10. The van der Waals surface area contributed by atoms with E-state index >= 15 is 0 Å². The Balaban J connectivity index is 2.84. The summed E-state index contributed by atoms with van der Waals surface area (Å²) in [7, 11) is 0. The monoisotopic (exact) mass is 235 g/mol. The largest absolute Gasteiger partial charge is 0.391 e. The van der Waals surface area contributed by atoms with Crippen LogP contribution in [0.3, 0.4) is 0 Å². The van der Waals surface area contributed by atoms with Gasteiger partial charge in [-0.3, -0.25) is 0 Å². The van der Waals surface area contributed by atoms with E-state index in [0.717, 1.165) is 10.0 Å². The van der Waals surface area contributed by atoms with E-state index < -0.39 is 6.10 Å². The van der Waals surface area contributed by atoms with Crippen LogP contribution in [0.15, 0.2) is 15.2 Å². The molecule has 0 radical (unpaired) electrons. The fraction of sp³-hybridized carbons (Fsp3) is 0.429. The molecule has 0 unspecified atom stereocenters. The lowest BCUT2D eigenvalue weighted by Crippen LogP contribution is -2.22. The van der Waals surface area contributed by atoms with Gasteiger partial charge in [0.25, 0.3) is 0 Å². The minimum atomic E-state index is -0.499. The van der Waals surface area contributed by atoms with Gasteiger partial charge in [-0.1, -0.05) is 0 Å². The van der Waals surface area contributed by atoms with Gasteiger partial charge < -0.3 is 10.8 Å². The molecule has 3 N–H and O–H groups in total. The zero-order valence-corrected chi connectivity index (χ0v) is 8.52. The SMILES string of the molecule is C[C@@H](O)[C@H](N)c1cscc1Br. The first-order chi connectivity index (χ1) is 5.13. The molecule has 2 atom stereocenters. The Hall–Kier alpha value is 0.100. The summed E-state index contributed by atoms with van der Waals surface area (Å²) < 4.78 is 0.982. The first-order valence-corrected chi connectivity index (χ1v) is 5.01. The molecular weight excluding hydrogens is 226 g/mol. The summed E-state index contributed by atoms with van der Waals surface area (Å²) in [5.41, 5.74) is 6.69. The van der Waals surface area contributed by atoms with Crippen LogP contribution in [0.25, 0.3) is 0 Å². The fourth-order valence-corrected chi connectivity index (χ4v) is 2.40. The maximum absolute atomic E-state index is 9.18. The van der Waals surface area contributed by atoms with Crippen LogP contribution in [-0.2, 0) is 0 Å². The molecule has 0 bridgehead atoms. The lowest BCUT2D eigenvalue weighted by atomic mass is 10.1. The number of aliphatic hydroxyl groups is 1. The Morgan fingerprint density at radius 3 is 2.64 bits per heavy atom. The van der Waals surface area contributed by atoms with Gasteiger partial charge in [0.1, 0.15) is 0 Å². The van der Waals surface area contributed by atoms with Crippen molar-refractivity contribution >= 4 is 27.3 Å². The highest BCUT2D eigenvalue weighted by Gasteiger charge is 2.14. The Morgan fingerprint density at radius 1 is 1.64 bits per heavy atom. The molecule has 0 fully saturated rings. The van der Waals surface area contributed by atoms with Crippen molar-refractivity contribution in [2.75, 3.05) is 0 Å². The fourth-order valence-electron chi connectivity index (χ4n) is 0.789. The Labute approximate surface area is 78.2 Å². The molecule has 1 heterocycles. The zero-order chi connectivity index (χ0) is 8.43. The number of aliphatic hydroxyl groups excluding tert-OH is 1. The minimum absolute atomic E-state index is 0.282. The normalized spacial score (nSPS) is 16.4. The summed E-state index contributed by atoms with van der Waals surface area (Å²) in [5.74, 6) is 0. The number of nitrogens with two attached hydrogens (primary N) is 1. The van der Waals surface area contributed by atoms with E-state index in [1.807, 2.05) is 10.8 Å². The van der Waals surface area contributed by atoms with E-state index in [4.69, 9.17) is 5.73 Å². The summed E-state index contributed by atoms with van der Waals surface area (Å²) in [4.78, 5) is 0. The third kappa shape index (κ3) is 2.02. The summed E-state index contributed by atoms with van der Waals surface area (Å²) in [5, 5.41) is 13.1. The molecule has 0 amide bonds. The van der Waals surface area contributed by atoms with Gasteiger partial charge in [-0.25, -0.2) is 0 Å². The molecule has 0 saturated heterocycles. The average molecular weight is 236 g/mol. The predicted molar refractivity (Wildman–Crippen MR) is 50.6 cm³/mol. The molecule has 0 aromatic carbocycles. The molecule has 1 aromatic rings. The van der Waals surface area contributed by atoms with Crippen molar-refractivity contribution in [1.82, 2.24) is 0 Å². The molecule has 0 aliphatic heterocycles. The van der Waals surface area contributed by atoms with E-state index in [2.05, 4.69) is 15.9 Å².